The maximum atomic E-state index is 11.7. The van der Waals surface area contributed by atoms with E-state index in [-0.39, 0.29) is 12.5 Å². The van der Waals surface area contributed by atoms with Gasteiger partial charge in [-0.2, -0.15) is 0 Å². The van der Waals surface area contributed by atoms with Crippen LogP contribution >= 0.6 is 11.3 Å². The molecule has 2 aliphatic rings. The number of hydrogen-bond acceptors (Lipinski definition) is 5. The number of anilines is 1. The standard InChI is InChI=1S/C21H19N3O3S/c1-26-16-4-2-3-14(10-16)22-21-24(15-6-7-15)18(12-28-21)13-5-8-19-17(9-13)23-20(25)11-27-19/h2-5,8-10,12,15H,6-7,11H2,1H3,(H,23,25). The number of carbonyl (C=O) groups is 1. The van der Waals surface area contributed by atoms with E-state index in [1.165, 1.54) is 0 Å². The minimum atomic E-state index is -0.126. The average molecular weight is 393 g/mol. The number of methoxy groups -OCH3 is 1. The smallest absolute Gasteiger partial charge is 0.262 e. The summed E-state index contributed by atoms with van der Waals surface area (Å²) in [5.74, 6) is 1.37. The van der Waals surface area contributed by atoms with Crippen molar-refractivity contribution in [2.45, 2.75) is 18.9 Å². The number of nitrogens with zero attached hydrogens (tertiary/aromatic N) is 2. The maximum Gasteiger partial charge on any atom is 0.262 e. The van der Waals surface area contributed by atoms with Gasteiger partial charge < -0.3 is 19.4 Å². The zero-order chi connectivity index (χ0) is 19.1. The van der Waals surface area contributed by atoms with E-state index in [2.05, 4.69) is 15.3 Å². The molecule has 28 heavy (non-hydrogen) atoms. The van der Waals surface area contributed by atoms with Crippen molar-refractivity contribution in [2.75, 3.05) is 19.0 Å². The molecule has 2 aromatic carbocycles. The summed E-state index contributed by atoms with van der Waals surface area (Å²) in [6.45, 7) is 0.0659. The van der Waals surface area contributed by atoms with Crippen molar-refractivity contribution in [2.24, 2.45) is 4.99 Å². The highest BCUT2D eigenvalue weighted by Gasteiger charge is 2.28. The molecule has 1 amide bonds. The summed E-state index contributed by atoms with van der Waals surface area (Å²) >= 11 is 1.62. The van der Waals surface area contributed by atoms with Crippen LogP contribution in [0.15, 0.2) is 52.8 Å². The lowest BCUT2D eigenvalue weighted by molar-refractivity contribution is -0.118. The van der Waals surface area contributed by atoms with Crippen molar-refractivity contribution >= 4 is 28.6 Å². The molecule has 0 saturated heterocycles. The second kappa shape index (κ2) is 6.83. The van der Waals surface area contributed by atoms with Gasteiger partial charge in [-0.05, 0) is 43.2 Å². The summed E-state index contributed by atoms with van der Waals surface area (Å²) in [5.41, 5.74) is 3.73. The Hall–Kier alpha value is -3.06. The minimum absolute atomic E-state index is 0.0659. The molecule has 1 fully saturated rings. The first kappa shape index (κ1) is 17.1. The molecule has 1 aliphatic carbocycles. The molecule has 1 N–H and O–H groups in total. The molecule has 0 atom stereocenters. The fourth-order valence-electron chi connectivity index (χ4n) is 3.33. The van der Waals surface area contributed by atoms with Gasteiger partial charge in [0.2, 0.25) is 0 Å². The van der Waals surface area contributed by atoms with Crippen molar-refractivity contribution in [1.29, 1.82) is 0 Å². The summed E-state index contributed by atoms with van der Waals surface area (Å²) in [6, 6.07) is 14.2. The maximum absolute atomic E-state index is 11.7. The lowest BCUT2D eigenvalue weighted by atomic mass is 10.1. The Balaban J connectivity index is 1.59. The van der Waals surface area contributed by atoms with Crippen LogP contribution in [0.5, 0.6) is 11.5 Å². The van der Waals surface area contributed by atoms with Crippen LogP contribution in [-0.4, -0.2) is 24.2 Å². The molecule has 1 aliphatic heterocycles. The minimum Gasteiger partial charge on any atom is -0.497 e. The van der Waals surface area contributed by atoms with Crippen molar-refractivity contribution in [3.05, 3.63) is 52.6 Å². The van der Waals surface area contributed by atoms with Crippen LogP contribution in [0, 0.1) is 0 Å². The molecule has 2 heterocycles. The number of fused-ring (bicyclic) bond motifs is 1. The first-order valence-corrected chi connectivity index (χ1v) is 10.0. The third-order valence-corrected chi connectivity index (χ3v) is 5.68. The molecule has 6 nitrogen and oxygen atoms in total. The summed E-state index contributed by atoms with van der Waals surface area (Å²) in [7, 11) is 1.66. The Morgan fingerprint density at radius 3 is 2.96 bits per heavy atom. The first-order valence-electron chi connectivity index (χ1n) is 9.17. The van der Waals surface area contributed by atoms with Gasteiger partial charge in [-0.3, -0.25) is 4.79 Å². The highest BCUT2D eigenvalue weighted by molar-refractivity contribution is 7.07. The highest BCUT2D eigenvalue weighted by atomic mass is 32.1. The Bertz CT molecular complexity index is 1130. The molecule has 1 aromatic heterocycles. The van der Waals surface area contributed by atoms with Crippen LogP contribution in [0.4, 0.5) is 11.4 Å². The molecule has 7 heteroatoms. The van der Waals surface area contributed by atoms with E-state index < -0.39 is 0 Å². The number of thiazole rings is 1. The molecule has 0 bridgehead atoms. The van der Waals surface area contributed by atoms with E-state index in [9.17, 15) is 4.79 Å². The predicted octanol–water partition coefficient (Wildman–Crippen LogP) is 4.12. The highest BCUT2D eigenvalue weighted by Crippen LogP contribution is 2.40. The number of rotatable bonds is 4. The normalized spacial score (nSPS) is 16.3. The molecule has 0 unspecified atom stereocenters. The van der Waals surface area contributed by atoms with Crippen molar-refractivity contribution in [3.8, 4) is 22.8 Å². The average Bonchev–Trinajstić information content (AvgIpc) is 3.47. The molecular formula is C21H19N3O3S. The van der Waals surface area contributed by atoms with Crippen molar-refractivity contribution in [1.82, 2.24) is 4.57 Å². The van der Waals surface area contributed by atoms with Gasteiger partial charge in [0.05, 0.1) is 24.2 Å². The van der Waals surface area contributed by atoms with Gasteiger partial charge in [0, 0.05) is 23.1 Å². The van der Waals surface area contributed by atoms with Crippen LogP contribution in [0.2, 0.25) is 0 Å². The fourth-order valence-corrected chi connectivity index (χ4v) is 4.32. The van der Waals surface area contributed by atoms with Crippen LogP contribution < -0.4 is 19.6 Å². The number of hydrogen-bond donors (Lipinski definition) is 1. The van der Waals surface area contributed by atoms with E-state index in [0.717, 1.165) is 40.3 Å². The number of carbonyl (C=O) groups excluding carboxylic acids is 1. The summed E-state index contributed by atoms with van der Waals surface area (Å²) in [4.78, 5) is 17.5. The summed E-state index contributed by atoms with van der Waals surface area (Å²) in [6.07, 6.45) is 2.31. The first-order chi connectivity index (χ1) is 13.7. The van der Waals surface area contributed by atoms with E-state index in [1.807, 2.05) is 42.5 Å². The van der Waals surface area contributed by atoms with Crippen LogP contribution in [-0.2, 0) is 4.79 Å². The third kappa shape index (κ3) is 3.18. The zero-order valence-electron chi connectivity index (χ0n) is 15.3. The quantitative estimate of drug-likeness (QED) is 0.725. The third-order valence-electron chi connectivity index (χ3n) is 4.84. The second-order valence-corrected chi connectivity index (χ2v) is 7.70. The number of aromatic nitrogens is 1. The van der Waals surface area contributed by atoms with Crippen molar-refractivity contribution < 1.29 is 14.3 Å². The Labute approximate surface area is 166 Å². The van der Waals surface area contributed by atoms with Gasteiger partial charge in [0.1, 0.15) is 11.5 Å². The van der Waals surface area contributed by atoms with Crippen molar-refractivity contribution in [3.63, 3.8) is 0 Å². The van der Waals surface area contributed by atoms with Gasteiger partial charge in [0.15, 0.2) is 11.4 Å². The SMILES string of the molecule is COc1cccc(N=c2scc(-c3ccc4c(c3)NC(=O)CO4)n2C2CC2)c1. The summed E-state index contributed by atoms with van der Waals surface area (Å²) in [5, 5.41) is 5.02. The van der Waals surface area contributed by atoms with Crippen LogP contribution in [0.25, 0.3) is 11.3 Å². The fraction of sp³-hybridized carbons (Fsp3) is 0.238. The van der Waals surface area contributed by atoms with Gasteiger partial charge in [0.25, 0.3) is 5.91 Å². The van der Waals surface area contributed by atoms with Gasteiger partial charge in [-0.1, -0.05) is 6.07 Å². The number of benzene rings is 2. The Morgan fingerprint density at radius 1 is 1.25 bits per heavy atom. The largest absolute Gasteiger partial charge is 0.497 e. The zero-order valence-corrected chi connectivity index (χ0v) is 16.2. The lowest BCUT2D eigenvalue weighted by Gasteiger charge is -2.19. The number of amides is 1. The number of nitrogens with one attached hydrogen (secondary N) is 1. The Morgan fingerprint density at radius 2 is 2.14 bits per heavy atom. The Kier molecular flexibility index (Phi) is 4.16. The van der Waals surface area contributed by atoms with Crippen LogP contribution in [0.1, 0.15) is 18.9 Å². The topological polar surface area (TPSA) is 64.8 Å². The molecule has 0 spiro atoms. The lowest BCUT2D eigenvalue weighted by Crippen LogP contribution is -2.25. The molecule has 3 aromatic rings. The molecule has 0 radical (unpaired) electrons. The van der Waals surface area contributed by atoms with E-state index in [1.54, 1.807) is 18.4 Å². The monoisotopic (exact) mass is 393 g/mol. The predicted molar refractivity (Wildman–Crippen MR) is 108 cm³/mol. The van der Waals surface area contributed by atoms with Gasteiger partial charge in [-0.25, -0.2) is 4.99 Å². The second-order valence-electron chi connectivity index (χ2n) is 6.87. The number of ether oxygens (including phenoxy) is 2. The van der Waals surface area contributed by atoms with E-state index in [4.69, 9.17) is 14.5 Å². The van der Waals surface area contributed by atoms with Gasteiger partial charge in [-0.15, -0.1) is 11.3 Å². The molecule has 1 saturated carbocycles. The molecule has 142 valence electrons. The van der Waals surface area contributed by atoms with Crippen LogP contribution in [0.3, 0.4) is 0 Å². The summed E-state index contributed by atoms with van der Waals surface area (Å²) < 4.78 is 13.1. The van der Waals surface area contributed by atoms with E-state index >= 15 is 0 Å². The van der Waals surface area contributed by atoms with Gasteiger partial charge >= 0.3 is 0 Å². The molecular weight excluding hydrogens is 374 g/mol. The molecule has 5 rings (SSSR count). The van der Waals surface area contributed by atoms with E-state index in [0.29, 0.717) is 17.5 Å².